The maximum atomic E-state index is 8.73. The standard InChI is InChI=1S/C15H19N3OS/c1-3-13-7-8-14(20-13)10-18(2)12-6-4-5-11(9-12)15(16)17-19/h4-9,19H,3,10H2,1-2H3,(H2,16,17). The van der Waals surface area contributed by atoms with Gasteiger partial charge in [-0.2, -0.15) is 0 Å². The Morgan fingerprint density at radius 2 is 2.05 bits per heavy atom. The van der Waals surface area contributed by atoms with E-state index in [4.69, 9.17) is 10.9 Å². The molecule has 0 aliphatic heterocycles. The summed E-state index contributed by atoms with van der Waals surface area (Å²) in [6, 6.07) is 12.0. The van der Waals surface area contributed by atoms with E-state index in [2.05, 4.69) is 29.1 Å². The first-order valence-corrected chi connectivity index (χ1v) is 7.32. The lowest BCUT2D eigenvalue weighted by Gasteiger charge is -2.19. The summed E-state index contributed by atoms with van der Waals surface area (Å²) in [5.41, 5.74) is 7.38. The molecule has 5 heteroatoms. The molecule has 0 saturated heterocycles. The first-order valence-electron chi connectivity index (χ1n) is 6.50. The molecule has 0 spiro atoms. The molecule has 2 aromatic rings. The van der Waals surface area contributed by atoms with Gasteiger partial charge in [0, 0.05) is 28.1 Å². The minimum Gasteiger partial charge on any atom is -0.409 e. The van der Waals surface area contributed by atoms with Crippen molar-refractivity contribution in [1.82, 2.24) is 0 Å². The molecular formula is C15H19N3OS. The average molecular weight is 289 g/mol. The van der Waals surface area contributed by atoms with Crippen molar-refractivity contribution in [3.05, 3.63) is 51.7 Å². The van der Waals surface area contributed by atoms with Crippen molar-refractivity contribution in [3.8, 4) is 0 Å². The fourth-order valence-electron chi connectivity index (χ4n) is 1.98. The van der Waals surface area contributed by atoms with E-state index in [1.54, 1.807) is 0 Å². The van der Waals surface area contributed by atoms with E-state index < -0.39 is 0 Å². The number of hydrogen-bond acceptors (Lipinski definition) is 4. The first-order chi connectivity index (χ1) is 9.63. The minimum absolute atomic E-state index is 0.129. The number of thiophene rings is 1. The Morgan fingerprint density at radius 3 is 2.70 bits per heavy atom. The topological polar surface area (TPSA) is 61.8 Å². The molecule has 1 aromatic carbocycles. The molecule has 0 radical (unpaired) electrons. The van der Waals surface area contributed by atoms with Gasteiger partial charge < -0.3 is 15.8 Å². The van der Waals surface area contributed by atoms with Crippen molar-refractivity contribution in [1.29, 1.82) is 0 Å². The van der Waals surface area contributed by atoms with Crippen LogP contribution in [0, 0.1) is 0 Å². The Balaban J connectivity index is 2.14. The van der Waals surface area contributed by atoms with Crippen molar-refractivity contribution >= 4 is 22.9 Å². The van der Waals surface area contributed by atoms with E-state index >= 15 is 0 Å². The third-order valence-corrected chi connectivity index (χ3v) is 4.36. The van der Waals surface area contributed by atoms with Crippen LogP contribution in [0.15, 0.2) is 41.6 Å². The Morgan fingerprint density at radius 1 is 1.30 bits per heavy atom. The molecule has 0 bridgehead atoms. The number of oxime groups is 1. The summed E-state index contributed by atoms with van der Waals surface area (Å²) in [4.78, 5) is 4.89. The first kappa shape index (κ1) is 14.4. The zero-order chi connectivity index (χ0) is 14.5. The van der Waals surface area contributed by atoms with Gasteiger partial charge in [0.2, 0.25) is 0 Å². The molecule has 0 amide bonds. The molecule has 2 rings (SSSR count). The smallest absolute Gasteiger partial charge is 0.170 e. The van der Waals surface area contributed by atoms with Gasteiger partial charge in [0.1, 0.15) is 0 Å². The van der Waals surface area contributed by atoms with Crippen molar-refractivity contribution in [2.75, 3.05) is 11.9 Å². The summed E-state index contributed by atoms with van der Waals surface area (Å²) < 4.78 is 0. The predicted octanol–water partition coefficient (Wildman–Crippen LogP) is 3.04. The van der Waals surface area contributed by atoms with Gasteiger partial charge in [0.05, 0.1) is 6.54 Å². The summed E-state index contributed by atoms with van der Waals surface area (Å²) in [5.74, 6) is 0.129. The molecule has 0 saturated carbocycles. The van der Waals surface area contributed by atoms with E-state index in [1.807, 2.05) is 42.6 Å². The van der Waals surface area contributed by atoms with Gasteiger partial charge in [-0.1, -0.05) is 24.2 Å². The molecule has 1 aromatic heterocycles. The van der Waals surface area contributed by atoms with Crippen LogP contribution in [-0.2, 0) is 13.0 Å². The SMILES string of the molecule is CCc1ccc(CN(C)c2cccc(C(N)=NO)c2)s1. The van der Waals surface area contributed by atoms with E-state index in [0.29, 0.717) is 0 Å². The van der Waals surface area contributed by atoms with Crippen LogP contribution in [-0.4, -0.2) is 18.1 Å². The van der Waals surface area contributed by atoms with Gasteiger partial charge in [0.15, 0.2) is 5.84 Å². The fraction of sp³-hybridized carbons (Fsp3) is 0.267. The second-order valence-electron chi connectivity index (χ2n) is 4.61. The Labute approximate surface area is 123 Å². The third-order valence-electron chi connectivity index (χ3n) is 3.15. The Hall–Kier alpha value is -2.01. The lowest BCUT2D eigenvalue weighted by Crippen LogP contribution is -2.18. The maximum Gasteiger partial charge on any atom is 0.170 e. The molecule has 20 heavy (non-hydrogen) atoms. The van der Waals surface area contributed by atoms with Gasteiger partial charge in [-0.25, -0.2) is 0 Å². The van der Waals surface area contributed by atoms with E-state index in [0.717, 1.165) is 24.2 Å². The normalized spacial score (nSPS) is 11.6. The van der Waals surface area contributed by atoms with E-state index in [1.165, 1.54) is 9.75 Å². The van der Waals surface area contributed by atoms with Crippen LogP contribution in [0.4, 0.5) is 5.69 Å². The number of amidine groups is 1. The molecule has 1 heterocycles. The van der Waals surface area contributed by atoms with Crippen LogP contribution < -0.4 is 10.6 Å². The van der Waals surface area contributed by atoms with Gasteiger partial charge in [-0.05, 0) is 30.7 Å². The molecule has 106 valence electrons. The molecule has 4 nitrogen and oxygen atoms in total. The summed E-state index contributed by atoms with van der Waals surface area (Å²) in [7, 11) is 2.04. The number of aryl methyl sites for hydroxylation is 1. The molecule has 0 fully saturated rings. The van der Waals surface area contributed by atoms with Crippen molar-refractivity contribution in [2.24, 2.45) is 10.9 Å². The number of anilines is 1. The lowest BCUT2D eigenvalue weighted by molar-refractivity contribution is 0.318. The highest BCUT2D eigenvalue weighted by Crippen LogP contribution is 2.22. The zero-order valence-electron chi connectivity index (χ0n) is 11.7. The van der Waals surface area contributed by atoms with Crippen LogP contribution in [0.2, 0.25) is 0 Å². The number of benzene rings is 1. The number of nitrogens with two attached hydrogens (primary N) is 1. The average Bonchev–Trinajstić information content (AvgIpc) is 2.94. The minimum atomic E-state index is 0.129. The quantitative estimate of drug-likeness (QED) is 0.385. The van der Waals surface area contributed by atoms with Crippen molar-refractivity contribution < 1.29 is 5.21 Å². The largest absolute Gasteiger partial charge is 0.409 e. The van der Waals surface area contributed by atoms with Crippen LogP contribution in [0.1, 0.15) is 22.2 Å². The van der Waals surface area contributed by atoms with Crippen molar-refractivity contribution in [3.63, 3.8) is 0 Å². The highest BCUT2D eigenvalue weighted by molar-refractivity contribution is 7.12. The molecule has 0 aliphatic carbocycles. The van der Waals surface area contributed by atoms with Gasteiger partial charge >= 0.3 is 0 Å². The zero-order valence-corrected chi connectivity index (χ0v) is 12.5. The van der Waals surface area contributed by atoms with Gasteiger partial charge in [-0.15, -0.1) is 11.3 Å². The molecular weight excluding hydrogens is 270 g/mol. The maximum absolute atomic E-state index is 8.73. The monoisotopic (exact) mass is 289 g/mol. The highest BCUT2D eigenvalue weighted by atomic mass is 32.1. The van der Waals surface area contributed by atoms with Crippen LogP contribution in [0.5, 0.6) is 0 Å². The van der Waals surface area contributed by atoms with E-state index in [9.17, 15) is 0 Å². The van der Waals surface area contributed by atoms with Gasteiger partial charge in [-0.3, -0.25) is 0 Å². The summed E-state index contributed by atoms with van der Waals surface area (Å²) in [6.07, 6.45) is 1.08. The number of nitrogens with zero attached hydrogens (tertiary/aromatic N) is 2. The van der Waals surface area contributed by atoms with Crippen LogP contribution in [0.3, 0.4) is 0 Å². The number of hydrogen-bond donors (Lipinski definition) is 2. The van der Waals surface area contributed by atoms with Crippen LogP contribution in [0.25, 0.3) is 0 Å². The molecule has 0 atom stereocenters. The highest BCUT2D eigenvalue weighted by Gasteiger charge is 2.07. The summed E-state index contributed by atoms with van der Waals surface area (Å²) in [5, 5.41) is 11.8. The predicted molar refractivity (Wildman–Crippen MR) is 84.8 cm³/mol. The Bertz CT molecular complexity index is 607. The van der Waals surface area contributed by atoms with Crippen LogP contribution >= 0.6 is 11.3 Å². The third kappa shape index (κ3) is 3.30. The Kier molecular flexibility index (Phi) is 4.63. The summed E-state index contributed by atoms with van der Waals surface area (Å²) >= 11 is 1.84. The molecule has 0 unspecified atom stereocenters. The lowest BCUT2D eigenvalue weighted by atomic mass is 10.1. The summed E-state index contributed by atoms with van der Waals surface area (Å²) in [6.45, 7) is 3.02. The van der Waals surface area contributed by atoms with Gasteiger partial charge in [0.25, 0.3) is 0 Å². The molecule has 3 N–H and O–H groups in total. The second-order valence-corrected chi connectivity index (χ2v) is 5.87. The number of rotatable bonds is 5. The van der Waals surface area contributed by atoms with Crippen molar-refractivity contribution in [2.45, 2.75) is 19.9 Å². The molecule has 0 aliphatic rings. The fourth-order valence-corrected chi connectivity index (χ4v) is 2.99. The van der Waals surface area contributed by atoms with E-state index in [-0.39, 0.29) is 5.84 Å². The second kappa shape index (κ2) is 6.43.